The summed E-state index contributed by atoms with van der Waals surface area (Å²) >= 11 is 0. The highest BCUT2D eigenvalue weighted by atomic mass is 16.4. The molecule has 1 saturated carbocycles. The molecule has 2 nitrogen and oxygen atoms in total. The van der Waals surface area contributed by atoms with Gasteiger partial charge >= 0.3 is 5.97 Å². The number of fused-ring (bicyclic) bond motifs is 1. The second-order valence-corrected chi connectivity index (χ2v) is 5.78. The van der Waals surface area contributed by atoms with E-state index in [0.717, 1.165) is 44.1 Å². The molecule has 2 aliphatic rings. The summed E-state index contributed by atoms with van der Waals surface area (Å²) in [5.74, 6) is -0.625. The average Bonchev–Trinajstić information content (AvgIpc) is 2.86. The summed E-state index contributed by atoms with van der Waals surface area (Å²) in [4.78, 5) is 11.8. The number of carboxylic acids is 1. The van der Waals surface area contributed by atoms with Crippen molar-refractivity contribution < 1.29 is 9.90 Å². The van der Waals surface area contributed by atoms with Gasteiger partial charge in [0.1, 0.15) is 0 Å². The van der Waals surface area contributed by atoms with Crippen molar-refractivity contribution in [1.82, 2.24) is 0 Å². The Bertz CT molecular complexity index is 470. The van der Waals surface area contributed by atoms with Gasteiger partial charge < -0.3 is 5.11 Å². The van der Waals surface area contributed by atoms with Gasteiger partial charge in [0.15, 0.2) is 0 Å². The van der Waals surface area contributed by atoms with Gasteiger partial charge in [-0.1, -0.05) is 37.5 Å². The fourth-order valence-electron chi connectivity index (χ4n) is 3.65. The van der Waals surface area contributed by atoms with Gasteiger partial charge in [-0.25, -0.2) is 0 Å². The standard InChI is InChI=1S/C16H20O2/c17-15(18)16(9-2-1-3-10-16)14-8-7-12-5-4-6-13(12)11-14/h7-8,11H,1-6,9-10H2,(H,17,18). The van der Waals surface area contributed by atoms with E-state index in [0.29, 0.717) is 0 Å². The monoisotopic (exact) mass is 244 g/mol. The average molecular weight is 244 g/mol. The van der Waals surface area contributed by atoms with Crippen molar-refractivity contribution in [2.45, 2.75) is 56.8 Å². The van der Waals surface area contributed by atoms with Crippen LogP contribution in [0, 0.1) is 0 Å². The van der Waals surface area contributed by atoms with E-state index in [-0.39, 0.29) is 0 Å². The molecule has 2 aliphatic carbocycles. The number of rotatable bonds is 2. The number of aryl methyl sites for hydroxylation is 2. The van der Waals surface area contributed by atoms with E-state index in [1.54, 1.807) is 0 Å². The molecule has 0 spiro atoms. The van der Waals surface area contributed by atoms with Crippen molar-refractivity contribution >= 4 is 5.97 Å². The number of carboxylic acid groups (broad SMARTS) is 1. The van der Waals surface area contributed by atoms with Crippen LogP contribution in [-0.2, 0) is 23.1 Å². The van der Waals surface area contributed by atoms with Crippen LogP contribution in [0.1, 0.15) is 55.2 Å². The molecular formula is C16H20O2. The molecule has 0 atom stereocenters. The molecule has 0 unspecified atom stereocenters. The van der Waals surface area contributed by atoms with Crippen LogP contribution in [0.15, 0.2) is 18.2 Å². The second kappa shape index (κ2) is 4.42. The molecule has 0 aliphatic heterocycles. The van der Waals surface area contributed by atoms with Crippen molar-refractivity contribution in [3.63, 3.8) is 0 Å². The quantitative estimate of drug-likeness (QED) is 0.865. The van der Waals surface area contributed by atoms with Crippen LogP contribution < -0.4 is 0 Å². The van der Waals surface area contributed by atoms with E-state index in [4.69, 9.17) is 0 Å². The van der Waals surface area contributed by atoms with Crippen molar-refractivity contribution in [3.8, 4) is 0 Å². The third-order valence-corrected chi connectivity index (χ3v) is 4.77. The van der Waals surface area contributed by atoms with Crippen LogP contribution >= 0.6 is 0 Å². The first-order chi connectivity index (χ1) is 8.72. The third kappa shape index (κ3) is 1.75. The highest BCUT2D eigenvalue weighted by molar-refractivity contribution is 5.81. The molecule has 1 aromatic carbocycles. The molecule has 1 N–H and O–H groups in total. The summed E-state index contributed by atoms with van der Waals surface area (Å²) in [6.45, 7) is 0. The Balaban J connectivity index is 2.02. The molecule has 0 radical (unpaired) electrons. The lowest BCUT2D eigenvalue weighted by atomic mass is 9.69. The first-order valence-corrected chi connectivity index (χ1v) is 7.08. The van der Waals surface area contributed by atoms with Gasteiger partial charge in [-0.15, -0.1) is 0 Å². The molecule has 0 bridgehead atoms. The fourth-order valence-corrected chi connectivity index (χ4v) is 3.65. The topological polar surface area (TPSA) is 37.3 Å². The minimum Gasteiger partial charge on any atom is -0.481 e. The van der Waals surface area contributed by atoms with E-state index < -0.39 is 11.4 Å². The minimum absolute atomic E-state index is 0.601. The van der Waals surface area contributed by atoms with Crippen LogP contribution in [0.5, 0.6) is 0 Å². The fraction of sp³-hybridized carbons (Fsp3) is 0.562. The lowest BCUT2D eigenvalue weighted by Gasteiger charge is -2.34. The Labute approximate surface area is 108 Å². The van der Waals surface area contributed by atoms with Gasteiger partial charge in [0, 0.05) is 0 Å². The van der Waals surface area contributed by atoms with Gasteiger partial charge in [-0.2, -0.15) is 0 Å². The Kier molecular flexibility index (Phi) is 2.89. The van der Waals surface area contributed by atoms with E-state index in [2.05, 4.69) is 18.2 Å². The van der Waals surface area contributed by atoms with Gasteiger partial charge in [0.05, 0.1) is 5.41 Å². The minimum atomic E-state index is -0.625. The Morgan fingerprint density at radius 2 is 1.72 bits per heavy atom. The lowest BCUT2D eigenvalue weighted by Crippen LogP contribution is -2.37. The van der Waals surface area contributed by atoms with E-state index in [1.165, 1.54) is 24.0 Å². The maximum Gasteiger partial charge on any atom is 0.314 e. The molecule has 0 amide bonds. The van der Waals surface area contributed by atoms with Crippen molar-refractivity contribution in [3.05, 3.63) is 34.9 Å². The van der Waals surface area contributed by atoms with E-state index in [1.807, 2.05) is 0 Å². The number of carbonyl (C=O) groups is 1. The third-order valence-electron chi connectivity index (χ3n) is 4.77. The molecule has 2 heteroatoms. The number of hydrogen-bond acceptors (Lipinski definition) is 1. The molecular weight excluding hydrogens is 224 g/mol. The number of aliphatic carboxylic acids is 1. The summed E-state index contributed by atoms with van der Waals surface area (Å²) < 4.78 is 0. The predicted octanol–water partition coefficient (Wildman–Crippen LogP) is 3.46. The zero-order chi connectivity index (χ0) is 12.6. The van der Waals surface area contributed by atoms with Crippen LogP contribution in [0.4, 0.5) is 0 Å². The lowest BCUT2D eigenvalue weighted by molar-refractivity contribution is -0.145. The zero-order valence-electron chi connectivity index (χ0n) is 10.7. The molecule has 0 saturated heterocycles. The Morgan fingerprint density at radius 3 is 2.44 bits per heavy atom. The SMILES string of the molecule is O=C(O)C1(c2ccc3c(c2)CCC3)CCCCC1. The van der Waals surface area contributed by atoms with E-state index in [9.17, 15) is 9.90 Å². The molecule has 18 heavy (non-hydrogen) atoms. The van der Waals surface area contributed by atoms with Gasteiger partial charge in [-0.05, 0) is 48.8 Å². The maximum atomic E-state index is 11.8. The normalized spacial score (nSPS) is 21.6. The molecule has 3 rings (SSSR count). The highest BCUT2D eigenvalue weighted by Crippen LogP contribution is 2.41. The first kappa shape index (κ1) is 11.8. The van der Waals surface area contributed by atoms with Crippen LogP contribution in [0.3, 0.4) is 0 Å². The Hall–Kier alpha value is -1.31. The summed E-state index contributed by atoms with van der Waals surface area (Å²) in [5, 5.41) is 9.69. The van der Waals surface area contributed by atoms with Crippen molar-refractivity contribution in [2.75, 3.05) is 0 Å². The second-order valence-electron chi connectivity index (χ2n) is 5.78. The first-order valence-electron chi connectivity index (χ1n) is 7.08. The number of hydrogen-bond donors (Lipinski definition) is 1. The van der Waals surface area contributed by atoms with Crippen LogP contribution in [-0.4, -0.2) is 11.1 Å². The van der Waals surface area contributed by atoms with Crippen molar-refractivity contribution in [2.24, 2.45) is 0 Å². The molecule has 0 aromatic heterocycles. The predicted molar refractivity (Wildman–Crippen MR) is 70.9 cm³/mol. The molecule has 1 aromatic rings. The molecule has 0 heterocycles. The van der Waals surface area contributed by atoms with Gasteiger partial charge in [0.2, 0.25) is 0 Å². The summed E-state index contributed by atoms with van der Waals surface area (Å²) in [7, 11) is 0. The van der Waals surface area contributed by atoms with Crippen LogP contribution in [0.25, 0.3) is 0 Å². The summed E-state index contributed by atoms with van der Waals surface area (Å²) in [6.07, 6.45) is 8.39. The Morgan fingerprint density at radius 1 is 1.00 bits per heavy atom. The van der Waals surface area contributed by atoms with Crippen molar-refractivity contribution in [1.29, 1.82) is 0 Å². The maximum absolute atomic E-state index is 11.8. The van der Waals surface area contributed by atoms with Crippen LogP contribution in [0.2, 0.25) is 0 Å². The van der Waals surface area contributed by atoms with E-state index >= 15 is 0 Å². The molecule has 1 fully saturated rings. The number of benzene rings is 1. The smallest absolute Gasteiger partial charge is 0.314 e. The molecule has 96 valence electrons. The largest absolute Gasteiger partial charge is 0.481 e. The van der Waals surface area contributed by atoms with Gasteiger partial charge in [0.25, 0.3) is 0 Å². The summed E-state index contributed by atoms with van der Waals surface area (Å²) in [6, 6.07) is 6.42. The summed E-state index contributed by atoms with van der Waals surface area (Å²) in [5.41, 5.74) is 3.26. The van der Waals surface area contributed by atoms with Gasteiger partial charge in [-0.3, -0.25) is 4.79 Å². The highest BCUT2D eigenvalue weighted by Gasteiger charge is 2.41. The zero-order valence-corrected chi connectivity index (χ0v) is 10.7.